The summed E-state index contributed by atoms with van der Waals surface area (Å²) in [7, 11) is 0. The van der Waals surface area contributed by atoms with E-state index in [-0.39, 0.29) is 10.6 Å². The van der Waals surface area contributed by atoms with Crippen molar-refractivity contribution in [1.82, 2.24) is 0 Å². The Bertz CT molecular complexity index is 561. The van der Waals surface area contributed by atoms with E-state index in [0.717, 1.165) is 24.0 Å². The van der Waals surface area contributed by atoms with Crippen LogP contribution < -0.4 is 5.73 Å². The normalized spacial score (nSPS) is 10.2. The number of allylic oxidation sites excluding steroid dienone is 1. The van der Waals surface area contributed by atoms with Gasteiger partial charge in [0.05, 0.1) is 4.92 Å². The number of primary amides is 1. The molecular weight excluding hydrogens is 320 g/mol. The van der Waals surface area contributed by atoms with E-state index in [9.17, 15) is 14.9 Å². The molecule has 0 unspecified atom stereocenters. The number of carbonyl (C=O) groups excluding carboxylic acids is 1. The largest absolute Gasteiger partial charge is 0.444 e. The highest BCUT2D eigenvalue weighted by Gasteiger charge is 2.12. The maximum Gasteiger partial charge on any atom is 0.405 e. The number of nitrogens with zero attached hydrogens (tertiary/aromatic N) is 1. The molecule has 0 aliphatic carbocycles. The molecule has 1 aromatic carbocycles. The molecule has 0 saturated heterocycles. The van der Waals surface area contributed by atoms with E-state index in [1.807, 2.05) is 32.9 Å². The molecule has 0 fully saturated rings. The Labute approximate surface area is 151 Å². The minimum Gasteiger partial charge on any atom is -0.444 e. The molecule has 1 rings (SSSR count). The Morgan fingerprint density at radius 2 is 1.88 bits per heavy atom. The fourth-order valence-corrected chi connectivity index (χ4v) is 1.60. The lowest BCUT2D eigenvalue weighted by Crippen LogP contribution is -2.27. The van der Waals surface area contributed by atoms with Crippen molar-refractivity contribution in [3.05, 3.63) is 45.5 Å². The first-order valence-electron chi connectivity index (χ1n) is 8.47. The van der Waals surface area contributed by atoms with Crippen LogP contribution in [0.3, 0.4) is 0 Å². The number of nitrogens with two attached hydrogens (primary N) is 1. The number of carbonyl (C=O) groups is 1. The molecule has 0 saturated carbocycles. The number of amides is 1. The van der Waals surface area contributed by atoms with Gasteiger partial charge in [0.2, 0.25) is 0 Å². The highest BCUT2D eigenvalue weighted by Crippen LogP contribution is 2.18. The van der Waals surface area contributed by atoms with Crippen LogP contribution in [0.15, 0.2) is 24.3 Å². The molecule has 25 heavy (non-hydrogen) atoms. The predicted octanol–water partition coefficient (Wildman–Crippen LogP) is 5.62. The minimum atomic E-state index is -0.725. The Hall–Kier alpha value is -2.37. The summed E-state index contributed by atoms with van der Waals surface area (Å²) in [5.41, 5.74) is 6.41. The zero-order chi connectivity index (χ0) is 20.0. The van der Waals surface area contributed by atoms with E-state index in [2.05, 4.69) is 11.7 Å². The van der Waals surface area contributed by atoms with E-state index in [0.29, 0.717) is 0 Å². The Morgan fingerprint density at radius 3 is 2.24 bits per heavy atom. The van der Waals surface area contributed by atoms with Gasteiger partial charge in [-0.25, -0.2) is 4.79 Å². The molecule has 1 amide bonds. The number of aryl methyl sites for hydroxylation is 1. The number of nitro benzene ring substituents is 1. The molecule has 0 atom stereocenters. The second-order valence-corrected chi connectivity index (χ2v) is 6.02. The minimum absolute atomic E-state index is 0.150. The molecule has 0 heterocycles. The number of non-ortho nitro benzene ring substituents is 1. The highest BCUT2D eigenvalue weighted by molar-refractivity contribution is 5.65. The van der Waals surface area contributed by atoms with Crippen molar-refractivity contribution in [1.29, 1.82) is 0 Å². The third kappa shape index (κ3) is 13.7. The van der Waals surface area contributed by atoms with Crippen LogP contribution in [-0.2, 0) is 4.74 Å². The van der Waals surface area contributed by atoms with Gasteiger partial charge in [0.15, 0.2) is 0 Å². The molecule has 1 aromatic rings. The van der Waals surface area contributed by atoms with Gasteiger partial charge >= 0.3 is 6.09 Å². The van der Waals surface area contributed by atoms with Crippen molar-refractivity contribution in [3.8, 4) is 0 Å². The summed E-state index contributed by atoms with van der Waals surface area (Å²) in [6.07, 6.45) is 5.36. The van der Waals surface area contributed by atoms with Crippen molar-refractivity contribution < 1.29 is 14.5 Å². The predicted molar refractivity (Wildman–Crippen MR) is 104 cm³/mol. The first kappa shape index (κ1) is 24.9. The topological polar surface area (TPSA) is 95.5 Å². The number of unbranched alkanes of at least 4 members (excludes halogenated alkanes) is 1. The van der Waals surface area contributed by atoms with Crippen molar-refractivity contribution in [3.63, 3.8) is 0 Å². The average molecular weight is 352 g/mol. The summed E-state index contributed by atoms with van der Waals surface area (Å²) in [6, 6.07) is 4.93. The molecule has 0 radical (unpaired) electrons. The summed E-state index contributed by atoms with van der Waals surface area (Å²) in [5.74, 6) is 0. The fraction of sp³-hybridized carbons (Fsp3) is 0.526. The Balaban J connectivity index is 0. The van der Waals surface area contributed by atoms with Gasteiger partial charge in [-0.05, 0) is 45.2 Å². The number of rotatable bonds is 4. The van der Waals surface area contributed by atoms with Gasteiger partial charge in [-0.3, -0.25) is 10.1 Å². The lowest BCUT2D eigenvalue weighted by atomic mass is 10.1. The molecule has 6 nitrogen and oxygen atoms in total. The zero-order valence-electron chi connectivity index (χ0n) is 16.5. The van der Waals surface area contributed by atoms with E-state index < -0.39 is 11.7 Å². The van der Waals surface area contributed by atoms with Crippen LogP contribution in [0.4, 0.5) is 10.5 Å². The van der Waals surface area contributed by atoms with Crippen LogP contribution in [0.1, 0.15) is 65.5 Å². The summed E-state index contributed by atoms with van der Waals surface area (Å²) in [5, 5.41) is 10.6. The first-order valence-corrected chi connectivity index (χ1v) is 8.47. The van der Waals surface area contributed by atoms with Crippen molar-refractivity contribution in [2.24, 2.45) is 5.73 Å². The van der Waals surface area contributed by atoms with Crippen molar-refractivity contribution in [2.75, 3.05) is 0 Å². The first-order chi connectivity index (χ1) is 11.6. The summed E-state index contributed by atoms with van der Waals surface area (Å²) < 4.78 is 4.58. The van der Waals surface area contributed by atoms with Crippen LogP contribution >= 0.6 is 0 Å². The summed E-state index contributed by atoms with van der Waals surface area (Å²) in [6.45, 7) is 13.3. The molecule has 0 aliphatic rings. The highest BCUT2D eigenvalue weighted by atomic mass is 16.6. The maximum absolute atomic E-state index is 10.6. The van der Waals surface area contributed by atoms with Gasteiger partial charge in [0.1, 0.15) is 5.60 Å². The van der Waals surface area contributed by atoms with Gasteiger partial charge in [0.25, 0.3) is 5.69 Å². The van der Waals surface area contributed by atoms with Crippen molar-refractivity contribution in [2.45, 2.75) is 66.9 Å². The van der Waals surface area contributed by atoms with Crippen LogP contribution in [0.25, 0.3) is 6.08 Å². The second kappa shape index (κ2) is 13.0. The van der Waals surface area contributed by atoms with Crippen LogP contribution in [0.2, 0.25) is 0 Å². The Morgan fingerprint density at radius 1 is 1.32 bits per heavy atom. The number of hydrogen-bond acceptors (Lipinski definition) is 4. The Kier molecular flexibility index (Phi) is 12.9. The number of benzene rings is 1. The monoisotopic (exact) mass is 352 g/mol. The van der Waals surface area contributed by atoms with Gasteiger partial charge in [-0.15, -0.1) is 0 Å². The van der Waals surface area contributed by atoms with E-state index in [1.54, 1.807) is 32.9 Å². The molecule has 142 valence electrons. The third-order valence-corrected chi connectivity index (χ3v) is 2.63. The van der Waals surface area contributed by atoms with Gasteiger partial charge in [-0.2, -0.15) is 0 Å². The number of hydrogen-bond donors (Lipinski definition) is 1. The van der Waals surface area contributed by atoms with E-state index in [4.69, 9.17) is 5.73 Å². The zero-order valence-corrected chi connectivity index (χ0v) is 16.5. The molecule has 6 heteroatoms. The number of nitro groups is 1. The van der Waals surface area contributed by atoms with Gasteiger partial charge in [-0.1, -0.05) is 45.4 Å². The summed E-state index contributed by atoms with van der Waals surface area (Å²) >= 11 is 0. The van der Waals surface area contributed by atoms with E-state index >= 15 is 0 Å². The smallest absolute Gasteiger partial charge is 0.405 e. The molecule has 2 N–H and O–H groups in total. The maximum atomic E-state index is 10.6. The number of ether oxygens (including phenoxy) is 1. The lowest BCUT2D eigenvalue weighted by Gasteiger charge is -2.16. The second-order valence-electron chi connectivity index (χ2n) is 6.02. The fourth-order valence-electron chi connectivity index (χ4n) is 1.60. The third-order valence-electron chi connectivity index (χ3n) is 2.63. The van der Waals surface area contributed by atoms with Crippen molar-refractivity contribution >= 4 is 17.9 Å². The molecule has 0 spiro atoms. The summed E-state index contributed by atoms with van der Waals surface area (Å²) in [4.78, 5) is 20.2. The van der Waals surface area contributed by atoms with Crippen LogP contribution in [0.5, 0.6) is 0 Å². The molecule has 0 aliphatic heterocycles. The molecular formula is C19H32N2O4. The standard InChI is InChI=1S/C12H15NO2.C5H11NO2.C2H6/c1-3-4-5-6-11-9-12(13(14)15)8-7-10(11)2;1-5(2,3)8-4(6)7;1-2/h5-9H,3-4H2,1-2H3;1-3H3,(H2,6,7);1-2H3/b6-5+;;. The van der Waals surface area contributed by atoms with Gasteiger partial charge in [0, 0.05) is 12.1 Å². The average Bonchev–Trinajstić information content (AvgIpc) is 2.49. The van der Waals surface area contributed by atoms with Gasteiger partial charge < -0.3 is 10.5 Å². The van der Waals surface area contributed by atoms with Crippen LogP contribution in [0, 0.1) is 17.0 Å². The van der Waals surface area contributed by atoms with Crippen LogP contribution in [-0.4, -0.2) is 16.6 Å². The van der Waals surface area contributed by atoms with E-state index in [1.165, 1.54) is 6.07 Å². The SMILES string of the molecule is CC.CC(C)(C)OC(N)=O.CCC/C=C/c1cc([N+](=O)[O-])ccc1C. The lowest BCUT2D eigenvalue weighted by molar-refractivity contribution is -0.384. The molecule has 0 bridgehead atoms. The quantitative estimate of drug-likeness (QED) is 0.561. The molecule has 0 aromatic heterocycles.